The second kappa shape index (κ2) is 3.55. The fraction of sp³-hybridized carbons (Fsp3) is 0.167. The molecule has 1 rings (SSSR count). The number of hydrogen-bond acceptors (Lipinski definition) is 3. The Morgan fingerprint density at radius 1 is 1.50 bits per heavy atom. The van der Waals surface area contributed by atoms with Gasteiger partial charge in [0, 0.05) is 35.7 Å². The first-order chi connectivity index (χ1) is 4.84. The van der Waals surface area contributed by atoms with Crippen LogP contribution in [0.3, 0.4) is 0 Å². The van der Waals surface area contributed by atoms with Crippen molar-refractivity contribution in [1.82, 2.24) is 4.98 Å². The molecule has 10 heavy (non-hydrogen) atoms. The van der Waals surface area contributed by atoms with E-state index in [1.54, 1.807) is 24.5 Å². The third-order valence-electron chi connectivity index (χ3n) is 1.03. The van der Waals surface area contributed by atoms with Gasteiger partial charge in [-0.25, -0.2) is 0 Å². The molecule has 0 saturated carbocycles. The molecule has 1 N–H and O–H groups in total. The molecule has 1 unspecified atom stereocenters. The summed E-state index contributed by atoms with van der Waals surface area (Å²) < 4.78 is 10.8. The molecule has 3 nitrogen and oxygen atoms in total. The van der Waals surface area contributed by atoms with Gasteiger partial charge >= 0.3 is 0 Å². The highest BCUT2D eigenvalue weighted by molar-refractivity contribution is 7.91. The number of nitrogens with zero attached hydrogens (tertiary/aromatic N) is 1. The van der Waals surface area contributed by atoms with E-state index in [9.17, 15) is 4.55 Å². The number of pyridine rings is 1. The molecule has 1 heterocycles. The van der Waals surface area contributed by atoms with Crippen LogP contribution in [0.5, 0.6) is 0 Å². The van der Waals surface area contributed by atoms with E-state index >= 15 is 0 Å². The van der Waals surface area contributed by atoms with Crippen LogP contribution in [-0.2, 0) is 11.2 Å². The van der Waals surface area contributed by atoms with E-state index < -0.39 is 11.2 Å². The van der Waals surface area contributed by atoms with Crippen LogP contribution < -0.4 is 0 Å². The van der Waals surface area contributed by atoms with Gasteiger partial charge in [0.2, 0.25) is 5.94 Å². The summed E-state index contributed by atoms with van der Waals surface area (Å²) in [6, 6.07) is 3.23. The smallest absolute Gasteiger partial charge is 0.208 e. The normalized spacial score (nSPS) is 13.0. The van der Waals surface area contributed by atoms with E-state index in [-0.39, 0.29) is 5.94 Å². The van der Waals surface area contributed by atoms with Gasteiger partial charge in [0.05, 0.1) is 0 Å². The molecular weight excluding hydrogens is 150 g/mol. The van der Waals surface area contributed by atoms with Gasteiger partial charge in [-0.2, -0.15) is 0 Å². The zero-order valence-electron chi connectivity index (χ0n) is 5.23. The van der Waals surface area contributed by atoms with Crippen molar-refractivity contribution in [2.45, 2.75) is 4.90 Å². The van der Waals surface area contributed by atoms with Crippen molar-refractivity contribution < 1.29 is 9.66 Å². The van der Waals surface area contributed by atoms with Gasteiger partial charge in [-0.15, -0.1) is 0 Å². The second-order valence-electron chi connectivity index (χ2n) is 1.66. The van der Waals surface area contributed by atoms with Crippen LogP contribution in [-0.4, -0.2) is 20.6 Å². The van der Waals surface area contributed by atoms with Gasteiger partial charge in [-0.05, 0) is 0 Å². The van der Waals surface area contributed by atoms with Crippen LogP contribution in [0.4, 0.5) is 0 Å². The number of aromatic nitrogens is 1. The van der Waals surface area contributed by atoms with Crippen molar-refractivity contribution in [3.05, 3.63) is 24.5 Å². The Morgan fingerprint density at radius 3 is 2.60 bits per heavy atom. The standard InChI is InChI=1S/C6H7NO2S/c8-5-10(9)6-1-3-7-4-2-6/h1-4,8H,5H2. The predicted molar refractivity (Wildman–Crippen MR) is 37.7 cm³/mol. The summed E-state index contributed by atoms with van der Waals surface area (Å²) in [6.45, 7) is 0. The Labute approximate surface area is 61.9 Å². The maximum Gasteiger partial charge on any atom is 0.208 e. The van der Waals surface area contributed by atoms with Crippen molar-refractivity contribution in [1.29, 1.82) is 0 Å². The van der Waals surface area contributed by atoms with Crippen LogP contribution >= 0.6 is 0 Å². The highest BCUT2D eigenvalue weighted by Gasteiger charge is 2.05. The lowest BCUT2D eigenvalue weighted by Gasteiger charge is -2.04. The number of aliphatic hydroxyl groups is 1. The average molecular weight is 157 g/mol. The molecule has 0 fully saturated rings. The summed E-state index contributed by atoms with van der Waals surface area (Å²) in [4.78, 5) is 4.35. The van der Waals surface area contributed by atoms with Crippen LogP contribution in [0, 0.1) is 0 Å². The van der Waals surface area contributed by atoms with Gasteiger partial charge in [0.15, 0.2) is 4.90 Å². The van der Waals surface area contributed by atoms with E-state index in [1.807, 2.05) is 0 Å². The SMILES string of the molecule is [O-][S+](CO)c1ccncc1. The fourth-order valence-corrected chi connectivity index (χ4v) is 1.14. The van der Waals surface area contributed by atoms with Gasteiger partial charge in [-0.3, -0.25) is 4.98 Å². The summed E-state index contributed by atoms with van der Waals surface area (Å²) >= 11 is -1.27. The zero-order valence-corrected chi connectivity index (χ0v) is 6.04. The van der Waals surface area contributed by atoms with E-state index in [0.29, 0.717) is 4.90 Å². The summed E-state index contributed by atoms with van der Waals surface area (Å²) in [5.74, 6) is -0.329. The quantitative estimate of drug-likeness (QED) is 0.621. The second-order valence-corrected chi connectivity index (χ2v) is 3.08. The van der Waals surface area contributed by atoms with Gasteiger partial charge < -0.3 is 9.66 Å². The largest absolute Gasteiger partial charge is 0.610 e. The third kappa shape index (κ3) is 1.70. The van der Waals surface area contributed by atoms with Crippen LogP contribution in [0.15, 0.2) is 29.4 Å². The number of aliphatic hydroxyl groups excluding tert-OH is 1. The van der Waals surface area contributed by atoms with Gasteiger partial charge in [-0.1, -0.05) is 0 Å². The molecule has 0 aliphatic carbocycles. The minimum atomic E-state index is -1.27. The Bertz CT molecular complexity index is 192. The van der Waals surface area contributed by atoms with Crippen LogP contribution in [0.1, 0.15) is 0 Å². The van der Waals surface area contributed by atoms with E-state index in [4.69, 9.17) is 5.11 Å². The topological polar surface area (TPSA) is 56.2 Å². The summed E-state index contributed by atoms with van der Waals surface area (Å²) in [7, 11) is 0. The Morgan fingerprint density at radius 2 is 2.10 bits per heavy atom. The molecule has 0 spiro atoms. The minimum Gasteiger partial charge on any atom is -0.610 e. The average Bonchev–Trinajstić information content (AvgIpc) is 2.05. The molecule has 0 aliphatic rings. The first-order valence-electron chi connectivity index (χ1n) is 2.74. The Balaban J connectivity index is 2.75. The zero-order chi connectivity index (χ0) is 7.40. The maximum absolute atomic E-state index is 10.8. The molecule has 4 heteroatoms. The van der Waals surface area contributed by atoms with E-state index in [2.05, 4.69) is 4.98 Å². The van der Waals surface area contributed by atoms with Crippen molar-refractivity contribution in [2.75, 3.05) is 5.94 Å². The molecule has 0 aromatic carbocycles. The Kier molecular flexibility index (Phi) is 2.68. The lowest BCUT2D eigenvalue weighted by molar-refractivity contribution is 0.358. The van der Waals surface area contributed by atoms with Crippen LogP contribution in [0.2, 0.25) is 0 Å². The summed E-state index contributed by atoms with van der Waals surface area (Å²) in [5.41, 5.74) is 0. The molecule has 0 radical (unpaired) electrons. The monoisotopic (exact) mass is 157 g/mol. The molecule has 0 saturated heterocycles. The van der Waals surface area contributed by atoms with Crippen molar-refractivity contribution in [2.24, 2.45) is 0 Å². The molecular formula is C6H7NO2S. The Hall–Kier alpha value is -0.580. The maximum atomic E-state index is 10.8. The molecule has 0 amide bonds. The molecule has 54 valence electrons. The highest BCUT2D eigenvalue weighted by Crippen LogP contribution is 2.06. The van der Waals surface area contributed by atoms with Gasteiger partial charge in [0.1, 0.15) is 0 Å². The van der Waals surface area contributed by atoms with Crippen molar-refractivity contribution in [3.63, 3.8) is 0 Å². The lowest BCUT2D eigenvalue weighted by atomic mass is 10.5. The van der Waals surface area contributed by atoms with Gasteiger partial charge in [0.25, 0.3) is 0 Å². The number of rotatable bonds is 2. The van der Waals surface area contributed by atoms with E-state index in [1.165, 1.54) is 0 Å². The third-order valence-corrected chi connectivity index (χ3v) is 2.06. The summed E-state index contributed by atoms with van der Waals surface area (Å²) in [5, 5.41) is 8.47. The molecule has 0 aliphatic heterocycles. The minimum absolute atomic E-state index is 0.329. The molecule has 0 bridgehead atoms. The van der Waals surface area contributed by atoms with Crippen LogP contribution in [0.25, 0.3) is 0 Å². The number of hydrogen-bond donors (Lipinski definition) is 1. The predicted octanol–water partition coefficient (Wildman–Crippen LogP) is 0.139. The molecule has 1 atom stereocenters. The lowest BCUT2D eigenvalue weighted by Crippen LogP contribution is -2.05. The van der Waals surface area contributed by atoms with E-state index in [0.717, 1.165) is 0 Å². The van der Waals surface area contributed by atoms with Crippen molar-refractivity contribution in [3.8, 4) is 0 Å². The molecule has 1 aromatic rings. The fourth-order valence-electron chi connectivity index (χ4n) is 0.565. The molecule has 1 aromatic heterocycles. The summed E-state index contributed by atoms with van der Waals surface area (Å²) in [6.07, 6.45) is 3.09. The van der Waals surface area contributed by atoms with Crippen molar-refractivity contribution >= 4 is 11.2 Å². The highest BCUT2D eigenvalue weighted by atomic mass is 32.2. The first-order valence-corrected chi connectivity index (χ1v) is 4.06. The first kappa shape index (κ1) is 7.53.